The highest BCUT2D eigenvalue weighted by Gasteiger charge is 2.50. The standard InChI is InChI=1S/C17H21N3O3S2/c1-11-18-13(7-24-11)6-22-14-3-4-23-17(5-14)9-20(10-17)16(21)15-8-25-12(2)19-15/h7-8,14H,3-6,9-10H2,1-2H3/t14-/m0/s1. The molecule has 0 unspecified atom stereocenters. The molecule has 0 bridgehead atoms. The first-order valence-electron chi connectivity index (χ1n) is 8.41. The first-order chi connectivity index (χ1) is 12.0. The van der Waals surface area contributed by atoms with Gasteiger partial charge in [0, 0.05) is 23.8 Å². The number of aryl methyl sites for hydroxylation is 2. The molecule has 0 aliphatic carbocycles. The predicted octanol–water partition coefficient (Wildman–Crippen LogP) is 2.81. The van der Waals surface area contributed by atoms with Gasteiger partial charge in [-0.15, -0.1) is 22.7 Å². The second kappa shape index (κ2) is 6.75. The van der Waals surface area contributed by atoms with E-state index in [9.17, 15) is 4.79 Å². The number of carbonyl (C=O) groups excluding carboxylic acids is 1. The fourth-order valence-electron chi connectivity index (χ4n) is 3.44. The summed E-state index contributed by atoms with van der Waals surface area (Å²) in [7, 11) is 0. The van der Waals surface area contributed by atoms with E-state index in [-0.39, 0.29) is 17.6 Å². The lowest BCUT2D eigenvalue weighted by atomic mass is 9.84. The molecule has 2 aliphatic rings. The van der Waals surface area contributed by atoms with Crippen LogP contribution >= 0.6 is 22.7 Å². The Hall–Kier alpha value is -1.35. The van der Waals surface area contributed by atoms with Gasteiger partial charge < -0.3 is 14.4 Å². The van der Waals surface area contributed by atoms with E-state index < -0.39 is 0 Å². The average Bonchev–Trinajstić information content (AvgIpc) is 3.18. The smallest absolute Gasteiger partial charge is 0.273 e. The second-order valence-corrected chi connectivity index (χ2v) is 8.85. The van der Waals surface area contributed by atoms with Crippen molar-refractivity contribution >= 4 is 28.6 Å². The summed E-state index contributed by atoms with van der Waals surface area (Å²) in [5.74, 6) is -0.000403. The Kier molecular flexibility index (Phi) is 4.61. The van der Waals surface area contributed by atoms with E-state index in [1.807, 2.05) is 29.5 Å². The number of aromatic nitrogens is 2. The summed E-state index contributed by atoms with van der Waals surface area (Å²) in [5, 5.41) is 5.85. The Morgan fingerprint density at radius 1 is 1.32 bits per heavy atom. The van der Waals surface area contributed by atoms with Crippen LogP contribution in [-0.2, 0) is 16.1 Å². The number of hydrogen-bond donors (Lipinski definition) is 0. The second-order valence-electron chi connectivity index (χ2n) is 6.73. The van der Waals surface area contributed by atoms with E-state index in [1.165, 1.54) is 11.3 Å². The highest BCUT2D eigenvalue weighted by atomic mass is 32.1. The van der Waals surface area contributed by atoms with Crippen molar-refractivity contribution in [2.75, 3.05) is 19.7 Å². The number of thiazole rings is 2. The number of ether oxygens (including phenoxy) is 2. The van der Waals surface area contributed by atoms with Crippen molar-refractivity contribution in [1.82, 2.24) is 14.9 Å². The molecular formula is C17H21N3O3S2. The van der Waals surface area contributed by atoms with Crippen molar-refractivity contribution < 1.29 is 14.3 Å². The maximum absolute atomic E-state index is 12.4. The maximum Gasteiger partial charge on any atom is 0.273 e. The van der Waals surface area contributed by atoms with E-state index in [0.717, 1.165) is 28.6 Å². The molecule has 1 spiro atoms. The summed E-state index contributed by atoms with van der Waals surface area (Å²) in [6, 6.07) is 0. The number of carbonyl (C=O) groups is 1. The normalized spacial score (nSPS) is 22.2. The summed E-state index contributed by atoms with van der Waals surface area (Å²) in [6.45, 7) is 6.39. The Morgan fingerprint density at radius 2 is 2.08 bits per heavy atom. The molecule has 2 aromatic heterocycles. The molecule has 8 heteroatoms. The van der Waals surface area contributed by atoms with E-state index in [1.54, 1.807) is 11.3 Å². The average molecular weight is 380 g/mol. The van der Waals surface area contributed by atoms with Crippen molar-refractivity contribution in [3.63, 3.8) is 0 Å². The van der Waals surface area contributed by atoms with Crippen LogP contribution in [0, 0.1) is 13.8 Å². The lowest BCUT2D eigenvalue weighted by Gasteiger charge is -2.52. The molecule has 2 fully saturated rings. The minimum Gasteiger partial charge on any atom is -0.372 e. The van der Waals surface area contributed by atoms with Crippen LogP contribution in [0.2, 0.25) is 0 Å². The van der Waals surface area contributed by atoms with Gasteiger partial charge in [-0.05, 0) is 20.3 Å². The van der Waals surface area contributed by atoms with Crippen molar-refractivity contribution in [1.29, 1.82) is 0 Å². The Bertz CT molecular complexity index is 767. The quantitative estimate of drug-likeness (QED) is 0.817. The van der Waals surface area contributed by atoms with E-state index in [4.69, 9.17) is 9.47 Å². The van der Waals surface area contributed by atoms with Gasteiger partial charge in [0.1, 0.15) is 11.3 Å². The molecule has 134 valence electrons. The predicted molar refractivity (Wildman–Crippen MR) is 96.1 cm³/mol. The van der Waals surface area contributed by atoms with Gasteiger partial charge in [0.2, 0.25) is 0 Å². The molecule has 0 saturated carbocycles. The highest BCUT2D eigenvalue weighted by Crippen LogP contribution is 2.36. The fourth-order valence-corrected chi connectivity index (χ4v) is 4.62. The van der Waals surface area contributed by atoms with E-state index in [2.05, 4.69) is 9.97 Å². The molecular weight excluding hydrogens is 358 g/mol. The SMILES string of the molecule is Cc1nc(CO[C@H]2CCOC3(C2)CN(C(=O)c2csc(C)n2)C3)cs1. The maximum atomic E-state index is 12.4. The minimum atomic E-state index is -0.248. The summed E-state index contributed by atoms with van der Waals surface area (Å²) < 4.78 is 12.1. The van der Waals surface area contributed by atoms with Crippen LogP contribution in [0.3, 0.4) is 0 Å². The highest BCUT2D eigenvalue weighted by molar-refractivity contribution is 7.09. The summed E-state index contributed by atoms with van der Waals surface area (Å²) >= 11 is 3.15. The van der Waals surface area contributed by atoms with Gasteiger partial charge in [-0.3, -0.25) is 4.79 Å². The minimum absolute atomic E-state index is 0.000403. The van der Waals surface area contributed by atoms with Crippen LogP contribution < -0.4 is 0 Å². The van der Waals surface area contributed by atoms with Gasteiger partial charge in [0.15, 0.2) is 0 Å². The fraction of sp³-hybridized carbons (Fsp3) is 0.588. The van der Waals surface area contributed by atoms with Gasteiger partial charge >= 0.3 is 0 Å². The monoisotopic (exact) mass is 379 g/mol. The number of rotatable bonds is 4. The van der Waals surface area contributed by atoms with Gasteiger partial charge in [0.25, 0.3) is 5.91 Å². The number of likely N-dealkylation sites (tertiary alicyclic amines) is 1. The van der Waals surface area contributed by atoms with Crippen LogP contribution in [0.1, 0.15) is 39.0 Å². The Balaban J connectivity index is 1.30. The summed E-state index contributed by atoms with van der Waals surface area (Å²) in [4.78, 5) is 23.0. The molecule has 0 radical (unpaired) electrons. The van der Waals surface area contributed by atoms with Crippen LogP contribution in [0.25, 0.3) is 0 Å². The van der Waals surface area contributed by atoms with Gasteiger partial charge in [-0.2, -0.15) is 0 Å². The Labute approximate surface area is 154 Å². The van der Waals surface area contributed by atoms with Gasteiger partial charge in [-0.25, -0.2) is 9.97 Å². The molecule has 2 saturated heterocycles. The lowest BCUT2D eigenvalue weighted by molar-refractivity contribution is -0.188. The van der Waals surface area contributed by atoms with Crippen molar-refractivity contribution in [2.24, 2.45) is 0 Å². The number of amides is 1. The molecule has 1 atom stereocenters. The summed E-state index contributed by atoms with van der Waals surface area (Å²) in [5.41, 5.74) is 1.29. The molecule has 4 heterocycles. The molecule has 0 N–H and O–H groups in total. The van der Waals surface area contributed by atoms with Gasteiger partial charge in [-0.1, -0.05) is 0 Å². The third-order valence-corrected chi connectivity index (χ3v) is 6.26. The first kappa shape index (κ1) is 17.1. The van der Waals surface area contributed by atoms with Gasteiger partial charge in [0.05, 0.1) is 41.5 Å². The molecule has 1 amide bonds. The van der Waals surface area contributed by atoms with Crippen molar-refractivity contribution in [3.05, 3.63) is 32.2 Å². The van der Waals surface area contributed by atoms with Crippen LogP contribution in [0.4, 0.5) is 0 Å². The topological polar surface area (TPSA) is 64.6 Å². The molecule has 2 aliphatic heterocycles. The third kappa shape index (κ3) is 3.62. The molecule has 6 nitrogen and oxygen atoms in total. The molecule has 0 aromatic carbocycles. The largest absolute Gasteiger partial charge is 0.372 e. The van der Waals surface area contributed by atoms with E-state index >= 15 is 0 Å². The number of nitrogens with zero attached hydrogens (tertiary/aromatic N) is 3. The zero-order valence-electron chi connectivity index (χ0n) is 14.4. The van der Waals surface area contributed by atoms with Crippen molar-refractivity contribution in [3.8, 4) is 0 Å². The molecule has 2 aromatic rings. The molecule has 25 heavy (non-hydrogen) atoms. The van der Waals surface area contributed by atoms with Crippen LogP contribution in [-0.4, -0.2) is 52.2 Å². The zero-order valence-corrected chi connectivity index (χ0v) is 16.0. The Morgan fingerprint density at radius 3 is 2.76 bits per heavy atom. The first-order valence-corrected chi connectivity index (χ1v) is 10.2. The van der Waals surface area contributed by atoms with Crippen LogP contribution in [0.15, 0.2) is 10.8 Å². The zero-order chi connectivity index (χ0) is 17.4. The summed E-state index contributed by atoms with van der Waals surface area (Å²) in [6.07, 6.45) is 1.88. The molecule has 4 rings (SSSR count). The van der Waals surface area contributed by atoms with Crippen molar-refractivity contribution in [2.45, 2.75) is 45.0 Å². The lowest BCUT2D eigenvalue weighted by Crippen LogP contribution is -2.67. The third-order valence-electron chi connectivity index (χ3n) is 4.66. The van der Waals surface area contributed by atoms with Crippen LogP contribution in [0.5, 0.6) is 0 Å². The number of hydrogen-bond acceptors (Lipinski definition) is 7. The van der Waals surface area contributed by atoms with E-state index in [0.29, 0.717) is 32.0 Å².